The summed E-state index contributed by atoms with van der Waals surface area (Å²) in [7, 11) is 0. The smallest absolute Gasteiger partial charge is 0.257 e. The third kappa shape index (κ3) is 3.93. The molecule has 1 atom stereocenters. The maximum absolute atomic E-state index is 13.8. The lowest BCUT2D eigenvalue weighted by molar-refractivity contribution is -0.111. The topological polar surface area (TPSA) is 72.4 Å². The molecule has 0 bridgehead atoms. The monoisotopic (exact) mass is 371 g/mol. The minimum Gasteiger partial charge on any atom is -0.379 e. The van der Waals surface area contributed by atoms with E-state index >= 15 is 0 Å². The summed E-state index contributed by atoms with van der Waals surface area (Å²) in [6.07, 6.45) is 1.97. The van der Waals surface area contributed by atoms with Crippen LogP contribution < -0.4 is 10.6 Å². The summed E-state index contributed by atoms with van der Waals surface area (Å²) < 4.78 is 21.4. The molecule has 0 saturated carbocycles. The first-order valence-corrected chi connectivity index (χ1v) is 8.71. The molecule has 1 aliphatic rings. The summed E-state index contributed by atoms with van der Waals surface area (Å²) in [6, 6.07) is 6.08. The van der Waals surface area contributed by atoms with Crippen molar-refractivity contribution < 1.29 is 18.7 Å². The number of hydrogen-bond donors (Lipinski definition) is 2. The van der Waals surface area contributed by atoms with E-state index in [1.807, 2.05) is 19.9 Å². The molecule has 1 aromatic carbocycles. The predicted octanol–water partition coefficient (Wildman–Crippen LogP) is 3.58. The van der Waals surface area contributed by atoms with Gasteiger partial charge in [-0.25, -0.2) is 4.39 Å². The van der Waals surface area contributed by atoms with Gasteiger partial charge in [0.25, 0.3) is 5.91 Å². The van der Waals surface area contributed by atoms with Gasteiger partial charge in [0.1, 0.15) is 5.82 Å². The van der Waals surface area contributed by atoms with E-state index in [9.17, 15) is 14.0 Å². The molecule has 0 spiro atoms. The van der Waals surface area contributed by atoms with Gasteiger partial charge in [-0.2, -0.15) is 0 Å². The van der Waals surface area contributed by atoms with Crippen LogP contribution in [0, 0.1) is 19.7 Å². The standard InChI is InChI=1S/C20H22FN3O3/c1-4-19(25)23-18-10-14(5-6-17(18)21)22-20(26)16-9-12(2)24(13(16)3)15-7-8-27-11-15/h4-6,9-10,15H,1,7-8,11H2,2-3H3,(H,22,26)(H,23,25). The number of nitrogens with zero attached hydrogens (tertiary/aromatic N) is 1. The number of benzene rings is 1. The minimum absolute atomic E-state index is 0.0220. The summed E-state index contributed by atoms with van der Waals surface area (Å²) in [5.41, 5.74) is 2.77. The molecule has 0 radical (unpaired) electrons. The van der Waals surface area contributed by atoms with Crippen molar-refractivity contribution in [2.24, 2.45) is 0 Å². The zero-order valence-corrected chi connectivity index (χ0v) is 15.3. The molecule has 1 aromatic heterocycles. The number of rotatable bonds is 5. The molecule has 0 aliphatic carbocycles. The first-order valence-electron chi connectivity index (χ1n) is 8.71. The molecule has 1 aliphatic heterocycles. The van der Waals surface area contributed by atoms with Crippen molar-refractivity contribution in [3.8, 4) is 0 Å². The van der Waals surface area contributed by atoms with Gasteiger partial charge in [-0.1, -0.05) is 6.58 Å². The van der Waals surface area contributed by atoms with Gasteiger partial charge in [0.15, 0.2) is 0 Å². The van der Waals surface area contributed by atoms with E-state index in [-0.39, 0.29) is 17.6 Å². The fourth-order valence-electron chi connectivity index (χ4n) is 3.38. The number of aromatic nitrogens is 1. The Morgan fingerprint density at radius 3 is 2.74 bits per heavy atom. The first-order chi connectivity index (χ1) is 12.9. The SMILES string of the molecule is C=CC(=O)Nc1cc(NC(=O)c2cc(C)n(C3CCOC3)c2C)ccc1F. The largest absolute Gasteiger partial charge is 0.379 e. The Labute approximate surface area is 157 Å². The number of anilines is 2. The fourth-order valence-corrected chi connectivity index (χ4v) is 3.38. The van der Waals surface area contributed by atoms with E-state index in [2.05, 4.69) is 21.8 Å². The van der Waals surface area contributed by atoms with Gasteiger partial charge in [0, 0.05) is 23.7 Å². The minimum atomic E-state index is -0.595. The molecule has 142 valence electrons. The predicted molar refractivity (Wildman–Crippen MR) is 102 cm³/mol. The van der Waals surface area contributed by atoms with Crippen LogP contribution in [0.15, 0.2) is 36.9 Å². The van der Waals surface area contributed by atoms with Gasteiger partial charge >= 0.3 is 0 Å². The Morgan fingerprint density at radius 1 is 1.30 bits per heavy atom. The maximum Gasteiger partial charge on any atom is 0.257 e. The number of hydrogen-bond acceptors (Lipinski definition) is 3. The normalized spacial score (nSPS) is 16.2. The summed E-state index contributed by atoms with van der Waals surface area (Å²) >= 11 is 0. The van der Waals surface area contributed by atoms with Gasteiger partial charge in [-0.05, 0) is 50.6 Å². The molecule has 6 nitrogen and oxygen atoms in total. The number of aryl methyl sites for hydroxylation is 1. The summed E-state index contributed by atoms with van der Waals surface area (Å²) in [6.45, 7) is 8.56. The summed E-state index contributed by atoms with van der Waals surface area (Å²) in [4.78, 5) is 24.1. The van der Waals surface area contributed by atoms with E-state index in [4.69, 9.17) is 4.74 Å². The van der Waals surface area contributed by atoms with Crippen LogP contribution in [0.25, 0.3) is 0 Å². The van der Waals surface area contributed by atoms with Crippen LogP contribution in [0.1, 0.15) is 34.2 Å². The molecule has 27 heavy (non-hydrogen) atoms. The zero-order valence-electron chi connectivity index (χ0n) is 15.3. The lowest BCUT2D eigenvalue weighted by Crippen LogP contribution is -2.16. The van der Waals surface area contributed by atoms with Crippen molar-refractivity contribution in [3.05, 3.63) is 59.7 Å². The third-order valence-electron chi connectivity index (χ3n) is 4.67. The second kappa shape index (κ2) is 7.75. The zero-order chi connectivity index (χ0) is 19.6. The third-order valence-corrected chi connectivity index (χ3v) is 4.67. The van der Waals surface area contributed by atoms with E-state index in [1.54, 1.807) is 0 Å². The van der Waals surface area contributed by atoms with Crippen LogP contribution in [0.3, 0.4) is 0 Å². The summed E-state index contributed by atoms with van der Waals surface area (Å²) in [5.74, 6) is -1.41. The van der Waals surface area contributed by atoms with Gasteiger partial charge < -0.3 is 19.9 Å². The van der Waals surface area contributed by atoms with Gasteiger partial charge in [0.2, 0.25) is 5.91 Å². The number of carbonyl (C=O) groups excluding carboxylic acids is 2. The number of ether oxygens (including phenoxy) is 1. The molecule has 2 N–H and O–H groups in total. The van der Waals surface area contributed by atoms with Crippen LogP contribution in [-0.4, -0.2) is 29.6 Å². The molecule has 1 fully saturated rings. The Morgan fingerprint density at radius 2 is 2.07 bits per heavy atom. The van der Waals surface area contributed by atoms with Crippen LogP contribution in [0.4, 0.5) is 15.8 Å². The lowest BCUT2D eigenvalue weighted by Gasteiger charge is -2.16. The molecule has 1 unspecified atom stereocenters. The van der Waals surface area contributed by atoms with E-state index in [0.29, 0.717) is 17.9 Å². The van der Waals surface area contributed by atoms with E-state index in [1.165, 1.54) is 18.2 Å². The molecule has 2 aromatic rings. The molecule has 7 heteroatoms. The van der Waals surface area contributed by atoms with Crippen molar-refractivity contribution in [3.63, 3.8) is 0 Å². The number of amides is 2. The summed E-state index contributed by atoms with van der Waals surface area (Å²) in [5, 5.41) is 5.14. The van der Waals surface area contributed by atoms with Crippen molar-refractivity contribution in [2.75, 3.05) is 23.8 Å². The molecule has 2 heterocycles. The van der Waals surface area contributed by atoms with E-state index < -0.39 is 11.7 Å². The van der Waals surface area contributed by atoms with Crippen molar-refractivity contribution in [2.45, 2.75) is 26.3 Å². The van der Waals surface area contributed by atoms with Gasteiger partial charge in [-0.3, -0.25) is 9.59 Å². The Kier molecular flexibility index (Phi) is 5.41. The quantitative estimate of drug-likeness (QED) is 0.789. The van der Waals surface area contributed by atoms with Gasteiger partial charge in [0.05, 0.1) is 23.9 Å². The highest BCUT2D eigenvalue weighted by Gasteiger charge is 2.24. The number of carbonyl (C=O) groups is 2. The lowest BCUT2D eigenvalue weighted by atomic mass is 10.2. The fraction of sp³-hybridized carbons (Fsp3) is 0.300. The Bertz CT molecular complexity index is 898. The highest BCUT2D eigenvalue weighted by molar-refractivity contribution is 6.06. The van der Waals surface area contributed by atoms with Crippen LogP contribution in [0.5, 0.6) is 0 Å². The van der Waals surface area contributed by atoms with Gasteiger partial charge in [-0.15, -0.1) is 0 Å². The van der Waals surface area contributed by atoms with Crippen LogP contribution in [0.2, 0.25) is 0 Å². The van der Waals surface area contributed by atoms with Crippen molar-refractivity contribution in [1.29, 1.82) is 0 Å². The molecular formula is C20H22FN3O3. The molecular weight excluding hydrogens is 349 g/mol. The maximum atomic E-state index is 13.8. The number of halogens is 1. The van der Waals surface area contributed by atoms with Crippen molar-refractivity contribution >= 4 is 23.2 Å². The molecule has 1 saturated heterocycles. The average molecular weight is 371 g/mol. The Balaban J connectivity index is 1.81. The molecule has 2 amide bonds. The first kappa shape index (κ1) is 18.8. The number of nitrogens with one attached hydrogen (secondary N) is 2. The Hall–Kier alpha value is -2.93. The van der Waals surface area contributed by atoms with Crippen molar-refractivity contribution in [1.82, 2.24) is 4.57 Å². The highest BCUT2D eigenvalue weighted by Crippen LogP contribution is 2.27. The van der Waals surface area contributed by atoms with Crippen LogP contribution >= 0.6 is 0 Å². The van der Waals surface area contributed by atoms with E-state index in [0.717, 1.165) is 30.5 Å². The second-order valence-electron chi connectivity index (χ2n) is 6.51. The second-order valence-corrected chi connectivity index (χ2v) is 6.51. The molecule has 3 rings (SSSR count). The highest BCUT2D eigenvalue weighted by atomic mass is 19.1. The van der Waals surface area contributed by atoms with Crippen LogP contribution in [-0.2, 0) is 9.53 Å². The average Bonchev–Trinajstić information content (AvgIpc) is 3.25.